The number of non-ortho nitro benzene ring substituents is 1. The Morgan fingerprint density at radius 2 is 2.12 bits per heavy atom. The van der Waals surface area contributed by atoms with Crippen molar-refractivity contribution in [3.05, 3.63) is 34.4 Å². The summed E-state index contributed by atoms with van der Waals surface area (Å²) in [7, 11) is -3.49. The van der Waals surface area contributed by atoms with Crippen LogP contribution in [0, 0.1) is 10.1 Å². The molecule has 17 heavy (non-hydrogen) atoms. The van der Waals surface area contributed by atoms with E-state index in [9.17, 15) is 18.5 Å². The Morgan fingerprint density at radius 1 is 1.41 bits per heavy atom. The number of nitro groups is 1. The summed E-state index contributed by atoms with van der Waals surface area (Å²) >= 11 is 0. The number of nitrogens with zero attached hydrogens (tertiary/aromatic N) is 1. The van der Waals surface area contributed by atoms with Gasteiger partial charge < -0.3 is 4.74 Å². The summed E-state index contributed by atoms with van der Waals surface area (Å²) in [4.78, 5) is 9.94. The van der Waals surface area contributed by atoms with Crippen molar-refractivity contribution in [2.75, 3.05) is 12.4 Å². The molecule has 0 unspecified atom stereocenters. The minimum Gasteiger partial charge on any atom is -0.493 e. The molecule has 0 saturated heterocycles. The fourth-order valence-electron chi connectivity index (χ4n) is 1.14. The van der Waals surface area contributed by atoms with E-state index < -0.39 is 14.9 Å². The summed E-state index contributed by atoms with van der Waals surface area (Å²) < 4.78 is 26.4. The van der Waals surface area contributed by atoms with Gasteiger partial charge in [-0.05, 0) is 12.5 Å². The van der Waals surface area contributed by atoms with Crippen LogP contribution in [0.25, 0.3) is 0 Å². The van der Waals surface area contributed by atoms with Gasteiger partial charge in [-0.1, -0.05) is 6.07 Å². The number of benzene rings is 1. The molecule has 0 spiro atoms. The summed E-state index contributed by atoms with van der Waals surface area (Å²) in [6.07, 6.45) is 0.238. The third kappa shape index (κ3) is 5.27. The molecule has 0 atom stereocenters. The molecular weight excluding hydrogens is 248 g/mol. The molecule has 0 aliphatic rings. The number of ether oxygens (including phenoxy) is 1. The molecule has 0 bridgehead atoms. The van der Waals surface area contributed by atoms with E-state index in [1.54, 1.807) is 6.07 Å². The number of hydrogen-bond donors (Lipinski definition) is 1. The maximum Gasteiger partial charge on any atom is 0.273 e. The highest BCUT2D eigenvalue weighted by Crippen LogP contribution is 2.19. The predicted octanol–water partition coefficient (Wildman–Crippen LogP) is 0.652. The Kier molecular flexibility index (Phi) is 4.41. The lowest BCUT2D eigenvalue weighted by Crippen LogP contribution is -2.18. The minimum absolute atomic E-state index is 0.0750. The second kappa shape index (κ2) is 5.60. The van der Waals surface area contributed by atoms with E-state index in [4.69, 9.17) is 9.88 Å². The molecule has 2 N–H and O–H groups in total. The molecule has 0 aliphatic heterocycles. The molecule has 1 aromatic carbocycles. The lowest BCUT2D eigenvalue weighted by Gasteiger charge is -2.04. The number of nitro benzene ring substituents is 1. The smallest absolute Gasteiger partial charge is 0.273 e. The molecule has 0 aromatic heterocycles. The fraction of sp³-hybridized carbons (Fsp3) is 0.333. The standard InChI is InChI=1S/C9H12N2O5S/c10-17(14,15)6-2-5-16-9-4-1-3-8(7-9)11(12)13/h1,3-4,7H,2,5-6H2,(H2,10,14,15). The molecule has 0 amide bonds. The van der Waals surface area contributed by atoms with Crippen LogP contribution in [0.15, 0.2) is 24.3 Å². The summed E-state index contributed by atoms with van der Waals surface area (Å²) in [5, 5.41) is 15.3. The first kappa shape index (κ1) is 13.4. The maximum absolute atomic E-state index is 10.6. The molecule has 0 fully saturated rings. The van der Waals surface area contributed by atoms with Gasteiger partial charge in [0.2, 0.25) is 10.0 Å². The van der Waals surface area contributed by atoms with E-state index in [2.05, 4.69) is 0 Å². The van der Waals surface area contributed by atoms with E-state index in [0.29, 0.717) is 5.75 Å². The summed E-state index contributed by atoms with van der Waals surface area (Å²) in [6.45, 7) is 0.137. The first-order chi connectivity index (χ1) is 7.88. The summed E-state index contributed by atoms with van der Waals surface area (Å²) in [6, 6.07) is 5.67. The molecule has 8 heteroatoms. The Bertz CT molecular complexity index is 500. The Balaban J connectivity index is 2.47. The predicted molar refractivity (Wildman–Crippen MR) is 61.2 cm³/mol. The van der Waals surface area contributed by atoms with E-state index in [0.717, 1.165) is 0 Å². The zero-order chi connectivity index (χ0) is 12.9. The van der Waals surface area contributed by atoms with Crippen molar-refractivity contribution < 1.29 is 18.1 Å². The van der Waals surface area contributed by atoms with Crippen LogP contribution < -0.4 is 9.88 Å². The van der Waals surface area contributed by atoms with Gasteiger partial charge in [0.15, 0.2) is 0 Å². The topological polar surface area (TPSA) is 113 Å². The van der Waals surface area contributed by atoms with Crippen molar-refractivity contribution in [1.29, 1.82) is 0 Å². The van der Waals surface area contributed by atoms with Crippen LogP contribution in [0.5, 0.6) is 5.75 Å². The zero-order valence-electron chi connectivity index (χ0n) is 8.90. The fourth-order valence-corrected chi connectivity index (χ4v) is 1.66. The molecule has 7 nitrogen and oxygen atoms in total. The largest absolute Gasteiger partial charge is 0.493 e. The number of rotatable bonds is 6. The van der Waals surface area contributed by atoms with E-state index in [1.165, 1.54) is 18.2 Å². The average Bonchev–Trinajstić information content (AvgIpc) is 2.23. The minimum atomic E-state index is -3.49. The van der Waals surface area contributed by atoms with Crippen molar-refractivity contribution in [2.24, 2.45) is 5.14 Å². The average molecular weight is 260 g/mol. The lowest BCUT2D eigenvalue weighted by atomic mass is 10.3. The van der Waals surface area contributed by atoms with Crippen molar-refractivity contribution in [3.8, 4) is 5.75 Å². The van der Waals surface area contributed by atoms with Crippen LogP contribution in [0.1, 0.15) is 6.42 Å². The molecular formula is C9H12N2O5S. The second-order valence-electron chi connectivity index (χ2n) is 3.32. The first-order valence-electron chi connectivity index (χ1n) is 4.76. The Labute approximate surface area is 98.4 Å². The molecule has 1 rings (SSSR count). The molecule has 1 aromatic rings. The molecule has 0 radical (unpaired) electrons. The van der Waals surface area contributed by atoms with Crippen LogP contribution in [0.3, 0.4) is 0 Å². The SMILES string of the molecule is NS(=O)(=O)CCCOc1cccc([N+](=O)[O-])c1. The number of hydrogen-bond acceptors (Lipinski definition) is 5. The van der Waals surface area contributed by atoms with E-state index in [-0.39, 0.29) is 24.5 Å². The van der Waals surface area contributed by atoms with Crippen LogP contribution in [0.4, 0.5) is 5.69 Å². The van der Waals surface area contributed by atoms with Gasteiger partial charge in [-0.25, -0.2) is 13.6 Å². The Hall–Kier alpha value is -1.67. The van der Waals surface area contributed by atoms with Crippen molar-refractivity contribution in [2.45, 2.75) is 6.42 Å². The van der Waals surface area contributed by atoms with E-state index >= 15 is 0 Å². The van der Waals surface area contributed by atoms with Crippen molar-refractivity contribution in [1.82, 2.24) is 0 Å². The number of primary sulfonamides is 1. The zero-order valence-corrected chi connectivity index (χ0v) is 9.72. The van der Waals surface area contributed by atoms with Gasteiger partial charge in [0.1, 0.15) is 5.75 Å². The monoisotopic (exact) mass is 260 g/mol. The lowest BCUT2D eigenvalue weighted by molar-refractivity contribution is -0.384. The molecule has 94 valence electrons. The van der Waals surface area contributed by atoms with Gasteiger partial charge >= 0.3 is 0 Å². The quantitative estimate of drug-likeness (QED) is 0.458. The van der Waals surface area contributed by atoms with Crippen LogP contribution in [0.2, 0.25) is 0 Å². The normalized spacial score (nSPS) is 11.1. The number of sulfonamides is 1. The second-order valence-corrected chi connectivity index (χ2v) is 5.06. The van der Waals surface area contributed by atoms with Crippen molar-refractivity contribution >= 4 is 15.7 Å². The third-order valence-electron chi connectivity index (χ3n) is 1.87. The van der Waals surface area contributed by atoms with Gasteiger partial charge in [-0.3, -0.25) is 10.1 Å². The van der Waals surface area contributed by atoms with Gasteiger partial charge in [0.05, 0.1) is 23.3 Å². The van der Waals surface area contributed by atoms with Gasteiger partial charge in [-0.2, -0.15) is 0 Å². The Morgan fingerprint density at radius 3 is 2.71 bits per heavy atom. The molecule has 0 saturated carbocycles. The van der Waals surface area contributed by atoms with Crippen molar-refractivity contribution in [3.63, 3.8) is 0 Å². The van der Waals surface area contributed by atoms with Gasteiger partial charge in [0.25, 0.3) is 5.69 Å². The number of nitrogens with two attached hydrogens (primary N) is 1. The van der Waals surface area contributed by atoms with Gasteiger partial charge in [0, 0.05) is 6.07 Å². The maximum atomic E-state index is 10.6. The third-order valence-corrected chi connectivity index (χ3v) is 2.73. The van der Waals surface area contributed by atoms with Crippen LogP contribution in [-0.2, 0) is 10.0 Å². The highest BCUT2D eigenvalue weighted by molar-refractivity contribution is 7.89. The van der Waals surface area contributed by atoms with Gasteiger partial charge in [-0.15, -0.1) is 0 Å². The summed E-state index contributed by atoms with van der Waals surface area (Å²) in [5.74, 6) is 0.149. The molecule has 0 heterocycles. The van der Waals surface area contributed by atoms with Crippen LogP contribution >= 0.6 is 0 Å². The summed E-state index contributed by atoms with van der Waals surface area (Å²) in [5.41, 5.74) is -0.0750. The highest BCUT2D eigenvalue weighted by Gasteiger charge is 2.07. The highest BCUT2D eigenvalue weighted by atomic mass is 32.2. The molecule has 0 aliphatic carbocycles. The first-order valence-corrected chi connectivity index (χ1v) is 6.48. The van der Waals surface area contributed by atoms with E-state index in [1.807, 2.05) is 0 Å². The van der Waals surface area contributed by atoms with Crippen LogP contribution in [-0.4, -0.2) is 25.7 Å².